The van der Waals surface area contributed by atoms with E-state index in [4.69, 9.17) is 4.74 Å². The lowest BCUT2D eigenvalue weighted by molar-refractivity contribution is 0.0460. The van der Waals surface area contributed by atoms with Crippen LogP contribution < -0.4 is 10.6 Å². The Labute approximate surface area is 130 Å². The summed E-state index contributed by atoms with van der Waals surface area (Å²) in [6.45, 7) is 6.78. The molecule has 1 saturated heterocycles. The number of alkyl carbamates (subject to hydrolysis) is 1. The van der Waals surface area contributed by atoms with Gasteiger partial charge in [0.1, 0.15) is 11.4 Å². The van der Waals surface area contributed by atoms with Crippen molar-refractivity contribution in [3.8, 4) is 0 Å². The summed E-state index contributed by atoms with van der Waals surface area (Å²) in [7, 11) is 0. The van der Waals surface area contributed by atoms with Gasteiger partial charge in [0.15, 0.2) is 0 Å². The van der Waals surface area contributed by atoms with Gasteiger partial charge in [-0.2, -0.15) is 0 Å². The molecule has 1 aliphatic rings. The van der Waals surface area contributed by atoms with Crippen molar-refractivity contribution in [2.75, 3.05) is 13.1 Å². The van der Waals surface area contributed by atoms with E-state index in [2.05, 4.69) is 10.6 Å². The Bertz CT molecular complexity index is 497. The molecule has 6 heteroatoms. The summed E-state index contributed by atoms with van der Waals surface area (Å²) in [6.07, 6.45) is 0.223. The summed E-state index contributed by atoms with van der Waals surface area (Å²) < 4.78 is 18.7. The maximum absolute atomic E-state index is 13.4. The maximum atomic E-state index is 13.4. The number of hydrogen-bond donors (Lipinski definition) is 2. The number of halogens is 2. The molecule has 0 aromatic heterocycles. The number of carbonyl (C=O) groups excluding carboxylic acids is 1. The fourth-order valence-corrected chi connectivity index (χ4v) is 2.40. The predicted molar refractivity (Wildman–Crippen MR) is 82.2 cm³/mol. The van der Waals surface area contributed by atoms with Crippen LogP contribution in [0.4, 0.5) is 9.18 Å². The first-order chi connectivity index (χ1) is 9.31. The van der Waals surface area contributed by atoms with Gasteiger partial charge in [-0.3, -0.25) is 0 Å². The molecule has 1 heterocycles. The van der Waals surface area contributed by atoms with Crippen LogP contribution in [0.15, 0.2) is 24.3 Å². The van der Waals surface area contributed by atoms with Gasteiger partial charge in [-0.15, -0.1) is 12.4 Å². The molecule has 0 radical (unpaired) electrons. The third kappa shape index (κ3) is 4.58. The van der Waals surface area contributed by atoms with Crippen molar-refractivity contribution in [1.29, 1.82) is 0 Å². The fraction of sp³-hybridized carbons (Fsp3) is 0.533. The highest BCUT2D eigenvalue weighted by atomic mass is 35.5. The lowest BCUT2D eigenvalue weighted by Crippen LogP contribution is -2.49. The summed E-state index contributed by atoms with van der Waals surface area (Å²) in [6, 6.07) is 6.34. The fourth-order valence-electron chi connectivity index (χ4n) is 2.40. The van der Waals surface area contributed by atoms with Crippen LogP contribution in [0, 0.1) is 5.82 Å². The van der Waals surface area contributed by atoms with E-state index in [1.807, 2.05) is 26.8 Å². The standard InChI is InChI=1S/C15H21FN2O2.ClH/c1-14(2,3)20-13(19)18-15(7-8-17-10-15)11-5-4-6-12(16)9-11;/h4-6,9,17H,7-8,10H2,1-3H3,(H,18,19);1H. The zero-order chi connectivity index (χ0) is 14.8. The lowest BCUT2D eigenvalue weighted by atomic mass is 9.89. The lowest BCUT2D eigenvalue weighted by Gasteiger charge is -2.31. The Kier molecular flexibility index (Phi) is 5.59. The van der Waals surface area contributed by atoms with Crippen LogP contribution >= 0.6 is 12.4 Å². The molecule has 2 rings (SSSR count). The Morgan fingerprint density at radius 3 is 2.67 bits per heavy atom. The molecule has 1 aromatic rings. The Hall–Kier alpha value is -1.33. The van der Waals surface area contributed by atoms with Gasteiger partial charge >= 0.3 is 6.09 Å². The number of amides is 1. The van der Waals surface area contributed by atoms with Gasteiger partial charge in [-0.05, 0) is 51.4 Å². The van der Waals surface area contributed by atoms with Gasteiger partial charge < -0.3 is 15.4 Å². The molecule has 118 valence electrons. The minimum atomic E-state index is -0.607. The highest BCUT2D eigenvalue weighted by Gasteiger charge is 2.38. The number of carbonyl (C=O) groups is 1. The van der Waals surface area contributed by atoms with Gasteiger partial charge in [0, 0.05) is 6.54 Å². The van der Waals surface area contributed by atoms with E-state index < -0.39 is 17.2 Å². The van der Waals surface area contributed by atoms with Crippen molar-refractivity contribution in [3.63, 3.8) is 0 Å². The van der Waals surface area contributed by atoms with E-state index in [0.29, 0.717) is 13.0 Å². The van der Waals surface area contributed by atoms with E-state index in [1.54, 1.807) is 6.07 Å². The smallest absolute Gasteiger partial charge is 0.408 e. The third-order valence-corrected chi connectivity index (χ3v) is 3.27. The van der Waals surface area contributed by atoms with Crippen LogP contribution in [0.1, 0.15) is 32.8 Å². The van der Waals surface area contributed by atoms with Crippen LogP contribution in [0.3, 0.4) is 0 Å². The van der Waals surface area contributed by atoms with Crippen molar-refractivity contribution in [3.05, 3.63) is 35.6 Å². The average Bonchev–Trinajstić information content (AvgIpc) is 2.76. The molecule has 21 heavy (non-hydrogen) atoms. The normalized spacial score (nSPS) is 21.5. The summed E-state index contributed by atoms with van der Waals surface area (Å²) in [4.78, 5) is 12.0. The van der Waals surface area contributed by atoms with Crippen molar-refractivity contribution in [1.82, 2.24) is 10.6 Å². The van der Waals surface area contributed by atoms with E-state index in [1.165, 1.54) is 12.1 Å². The van der Waals surface area contributed by atoms with E-state index in [0.717, 1.165) is 12.1 Å². The largest absolute Gasteiger partial charge is 0.444 e. The average molecular weight is 317 g/mol. The summed E-state index contributed by atoms with van der Waals surface area (Å²) in [5, 5.41) is 6.11. The minimum Gasteiger partial charge on any atom is -0.444 e. The van der Waals surface area contributed by atoms with Gasteiger partial charge in [0.05, 0.1) is 5.54 Å². The van der Waals surface area contributed by atoms with E-state index >= 15 is 0 Å². The molecule has 1 aromatic carbocycles. The quantitative estimate of drug-likeness (QED) is 0.882. The van der Waals surface area contributed by atoms with Crippen LogP contribution in [0.5, 0.6) is 0 Å². The molecule has 1 fully saturated rings. The summed E-state index contributed by atoms with van der Waals surface area (Å²) in [5.74, 6) is -0.306. The number of rotatable bonds is 2. The van der Waals surface area contributed by atoms with Crippen molar-refractivity contribution in [2.45, 2.75) is 38.3 Å². The molecule has 1 amide bonds. The molecule has 0 saturated carbocycles. The second kappa shape index (κ2) is 6.62. The van der Waals surface area contributed by atoms with Gasteiger partial charge in [0.25, 0.3) is 0 Å². The number of ether oxygens (including phenoxy) is 1. The molecule has 1 unspecified atom stereocenters. The zero-order valence-corrected chi connectivity index (χ0v) is 13.3. The molecule has 4 nitrogen and oxygen atoms in total. The predicted octanol–water partition coefficient (Wildman–Crippen LogP) is 2.96. The SMILES string of the molecule is CC(C)(C)OC(=O)NC1(c2cccc(F)c2)CCNC1.Cl. The molecule has 2 N–H and O–H groups in total. The molecular weight excluding hydrogens is 295 g/mol. The molecular formula is C15H22ClFN2O2. The molecule has 0 bridgehead atoms. The van der Waals surface area contributed by atoms with Crippen LogP contribution in [0.2, 0.25) is 0 Å². The molecule has 1 atom stereocenters. The minimum absolute atomic E-state index is 0. The Morgan fingerprint density at radius 1 is 1.43 bits per heavy atom. The monoisotopic (exact) mass is 316 g/mol. The second-order valence-corrected chi connectivity index (χ2v) is 6.15. The number of hydrogen-bond acceptors (Lipinski definition) is 3. The first-order valence-electron chi connectivity index (χ1n) is 6.79. The highest BCUT2D eigenvalue weighted by Crippen LogP contribution is 2.28. The number of nitrogens with one attached hydrogen (secondary N) is 2. The van der Waals surface area contributed by atoms with E-state index in [-0.39, 0.29) is 18.2 Å². The third-order valence-electron chi connectivity index (χ3n) is 3.27. The zero-order valence-electron chi connectivity index (χ0n) is 12.5. The second-order valence-electron chi connectivity index (χ2n) is 6.15. The van der Waals surface area contributed by atoms with Crippen molar-refractivity contribution >= 4 is 18.5 Å². The first kappa shape index (κ1) is 17.7. The van der Waals surface area contributed by atoms with Crippen LogP contribution in [-0.4, -0.2) is 24.8 Å². The Morgan fingerprint density at radius 2 is 2.14 bits per heavy atom. The molecule has 1 aliphatic heterocycles. The van der Waals surface area contributed by atoms with Gasteiger partial charge in [-0.1, -0.05) is 12.1 Å². The molecule has 0 aliphatic carbocycles. The molecule has 0 spiro atoms. The van der Waals surface area contributed by atoms with E-state index in [9.17, 15) is 9.18 Å². The van der Waals surface area contributed by atoms with Crippen LogP contribution in [0.25, 0.3) is 0 Å². The van der Waals surface area contributed by atoms with Crippen LogP contribution in [-0.2, 0) is 10.3 Å². The highest BCUT2D eigenvalue weighted by molar-refractivity contribution is 5.85. The summed E-state index contributed by atoms with van der Waals surface area (Å²) in [5.41, 5.74) is -0.405. The van der Waals surface area contributed by atoms with Gasteiger partial charge in [0.2, 0.25) is 0 Å². The topological polar surface area (TPSA) is 50.4 Å². The summed E-state index contributed by atoms with van der Waals surface area (Å²) >= 11 is 0. The van der Waals surface area contributed by atoms with Gasteiger partial charge in [-0.25, -0.2) is 9.18 Å². The van der Waals surface area contributed by atoms with Crippen molar-refractivity contribution in [2.24, 2.45) is 0 Å². The Balaban J connectivity index is 0.00000220. The maximum Gasteiger partial charge on any atom is 0.408 e. The first-order valence-corrected chi connectivity index (χ1v) is 6.79. The number of benzene rings is 1. The van der Waals surface area contributed by atoms with Crippen molar-refractivity contribution < 1.29 is 13.9 Å².